The van der Waals surface area contributed by atoms with Crippen molar-refractivity contribution in [3.8, 4) is 5.75 Å². The topological polar surface area (TPSA) is 137 Å². The van der Waals surface area contributed by atoms with E-state index in [2.05, 4.69) is 10.3 Å². The van der Waals surface area contributed by atoms with Gasteiger partial charge in [0.15, 0.2) is 0 Å². The molecule has 2 aromatic carbocycles. The quantitative estimate of drug-likeness (QED) is 0.326. The van der Waals surface area contributed by atoms with Crippen molar-refractivity contribution in [1.82, 2.24) is 24.3 Å². The van der Waals surface area contributed by atoms with E-state index in [9.17, 15) is 22.7 Å². The molecule has 0 saturated carbocycles. The minimum Gasteiger partial charge on any atom is -0.490 e. The molecule has 0 unspecified atom stereocenters. The number of fused-ring (bicyclic) bond motifs is 2. The summed E-state index contributed by atoms with van der Waals surface area (Å²) in [6.45, 7) is 7.02. The van der Waals surface area contributed by atoms with Crippen LogP contribution in [-0.4, -0.2) is 70.1 Å². The van der Waals surface area contributed by atoms with Crippen molar-refractivity contribution in [2.75, 3.05) is 26.4 Å². The lowest BCUT2D eigenvalue weighted by atomic mass is 9.88. The number of carboxylic acids is 1. The molecule has 4 aromatic rings. The van der Waals surface area contributed by atoms with Crippen LogP contribution in [0.2, 0.25) is 0 Å². The number of sulfonamides is 1. The number of pyridine rings is 1. The Balaban J connectivity index is 1.55. The van der Waals surface area contributed by atoms with E-state index >= 15 is 0 Å². The number of aromatic nitrogens is 4. The van der Waals surface area contributed by atoms with E-state index in [-0.39, 0.29) is 43.4 Å². The van der Waals surface area contributed by atoms with Crippen molar-refractivity contribution in [3.05, 3.63) is 76.4 Å². The van der Waals surface area contributed by atoms with Crippen LogP contribution in [0.15, 0.2) is 47.4 Å². The molecule has 1 aliphatic rings. The van der Waals surface area contributed by atoms with Crippen molar-refractivity contribution in [2.45, 2.75) is 57.5 Å². The van der Waals surface area contributed by atoms with Crippen LogP contribution < -0.4 is 4.74 Å². The van der Waals surface area contributed by atoms with E-state index in [1.165, 1.54) is 10.4 Å². The zero-order valence-electron chi connectivity index (χ0n) is 24.3. The highest BCUT2D eigenvalue weighted by Crippen LogP contribution is 2.34. The maximum atomic E-state index is 14.3. The van der Waals surface area contributed by atoms with Gasteiger partial charge in [-0.25, -0.2) is 17.5 Å². The highest BCUT2D eigenvalue weighted by atomic mass is 32.2. The second kappa shape index (κ2) is 12.7. The van der Waals surface area contributed by atoms with Crippen LogP contribution in [0.1, 0.15) is 53.8 Å². The third-order valence-electron chi connectivity index (χ3n) is 7.65. The van der Waals surface area contributed by atoms with Gasteiger partial charge in [0.25, 0.3) is 0 Å². The van der Waals surface area contributed by atoms with Gasteiger partial charge in [0, 0.05) is 31.3 Å². The van der Waals surface area contributed by atoms with E-state index in [0.717, 1.165) is 34.3 Å². The van der Waals surface area contributed by atoms with Crippen molar-refractivity contribution in [2.24, 2.45) is 0 Å². The lowest BCUT2D eigenvalue weighted by Gasteiger charge is -2.24. The number of hydrogen-bond donors (Lipinski definition) is 1. The lowest BCUT2D eigenvalue weighted by molar-refractivity contribution is -0.137. The molecular weight excluding hydrogens is 577 g/mol. The monoisotopic (exact) mass is 611 g/mol. The zero-order chi connectivity index (χ0) is 30.7. The Morgan fingerprint density at radius 3 is 2.70 bits per heavy atom. The first kappa shape index (κ1) is 30.5. The van der Waals surface area contributed by atoms with Gasteiger partial charge in [0.2, 0.25) is 10.0 Å². The predicted molar refractivity (Wildman–Crippen MR) is 156 cm³/mol. The molecule has 11 nitrogen and oxygen atoms in total. The summed E-state index contributed by atoms with van der Waals surface area (Å²) in [5.41, 5.74) is 4.77. The maximum absolute atomic E-state index is 14.3. The summed E-state index contributed by atoms with van der Waals surface area (Å²) in [4.78, 5) is 16.6. The number of ether oxygens (including phenoxy) is 2. The van der Waals surface area contributed by atoms with Gasteiger partial charge in [-0.2, -0.15) is 4.31 Å². The summed E-state index contributed by atoms with van der Waals surface area (Å²) in [5.74, 6) is -2.28. The second-order valence-electron chi connectivity index (χ2n) is 10.4. The number of aliphatic carboxylic acids is 1. The third-order valence-corrected chi connectivity index (χ3v) is 9.51. The summed E-state index contributed by atoms with van der Waals surface area (Å²) in [6, 6.07) is 10.8. The number of carbonyl (C=O) groups is 1. The highest BCUT2D eigenvalue weighted by molar-refractivity contribution is 7.89. The van der Waals surface area contributed by atoms with E-state index in [0.29, 0.717) is 36.5 Å². The third kappa shape index (κ3) is 6.38. The van der Waals surface area contributed by atoms with Crippen LogP contribution in [0, 0.1) is 19.7 Å². The molecule has 0 amide bonds. The molecule has 3 heterocycles. The first-order chi connectivity index (χ1) is 20.6. The number of benzene rings is 2. The first-order valence-electron chi connectivity index (χ1n) is 14.1. The summed E-state index contributed by atoms with van der Waals surface area (Å²) >= 11 is 0. The molecule has 2 aromatic heterocycles. The van der Waals surface area contributed by atoms with Gasteiger partial charge >= 0.3 is 5.97 Å². The number of rotatable bonds is 7. The van der Waals surface area contributed by atoms with Gasteiger partial charge in [0.1, 0.15) is 28.6 Å². The minimum atomic E-state index is -4.21. The van der Waals surface area contributed by atoms with E-state index in [1.807, 2.05) is 39.0 Å². The maximum Gasteiger partial charge on any atom is 0.304 e. The average molecular weight is 612 g/mol. The van der Waals surface area contributed by atoms with Crippen LogP contribution in [0.3, 0.4) is 0 Å². The fourth-order valence-electron chi connectivity index (χ4n) is 5.33. The Morgan fingerprint density at radius 2 is 1.93 bits per heavy atom. The Bertz CT molecular complexity index is 1760. The molecule has 43 heavy (non-hydrogen) atoms. The smallest absolute Gasteiger partial charge is 0.304 e. The molecule has 0 radical (unpaired) electrons. The zero-order valence-corrected chi connectivity index (χ0v) is 25.1. The fourth-order valence-corrected chi connectivity index (χ4v) is 6.92. The molecule has 0 aliphatic carbocycles. The molecule has 0 bridgehead atoms. The molecular formula is C30H34FN5O6S. The second-order valence-corrected chi connectivity index (χ2v) is 12.4. The van der Waals surface area contributed by atoms with Crippen LogP contribution in [-0.2, 0) is 32.6 Å². The first-order valence-corrected chi connectivity index (χ1v) is 15.5. The van der Waals surface area contributed by atoms with Gasteiger partial charge in [-0.05, 0) is 74.2 Å². The van der Waals surface area contributed by atoms with Crippen molar-refractivity contribution < 1.29 is 32.2 Å². The highest BCUT2D eigenvalue weighted by Gasteiger charge is 2.31. The van der Waals surface area contributed by atoms with Crippen LogP contribution in [0.4, 0.5) is 4.39 Å². The summed E-state index contributed by atoms with van der Waals surface area (Å²) in [7, 11) is -4.21. The summed E-state index contributed by atoms with van der Waals surface area (Å²) in [5, 5.41) is 18.4. The molecule has 5 rings (SSSR count). The summed E-state index contributed by atoms with van der Waals surface area (Å²) < 4.78 is 56.4. The Labute approximate surface area is 249 Å². The van der Waals surface area contributed by atoms with Crippen molar-refractivity contribution in [1.29, 1.82) is 0 Å². The largest absolute Gasteiger partial charge is 0.490 e. The fraction of sp³-hybridized carbons (Fsp3) is 0.400. The van der Waals surface area contributed by atoms with Crippen LogP contribution >= 0.6 is 0 Å². The number of nitrogens with zero attached hydrogens (tertiary/aromatic N) is 5. The summed E-state index contributed by atoms with van der Waals surface area (Å²) in [6.07, 6.45) is 0.176. The van der Waals surface area contributed by atoms with Gasteiger partial charge in [-0.1, -0.05) is 17.3 Å². The van der Waals surface area contributed by atoms with Crippen LogP contribution in [0.5, 0.6) is 5.75 Å². The molecule has 13 heteroatoms. The van der Waals surface area contributed by atoms with E-state index in [1.54, 1.807) is 10.7 Å². The van der Waals surface area contributed by atoms with Gasteiger partial charge in [0.05, 0.1) is 30.8 Å². The number of halogens is 1. The molecule has 228 valence electrons. The van der Waals surface area contributed by atoms with Gasteiger partial charge < -0.3 is 14.6 Å². The van der Waals surface area contributed by atoms with E-state index in [4.69, 9.17) is 14.5 Å². The normalized spacial score (nSPS) is 16.7. The molecule has 0 spiro atoms. The average Bonchev–Trinajstić information content (AvgIpc) is 3.39. The Morgan fingerprint density at radius 1 is 1.12 bits per heavy atom. The van der Waals surface area contributed by atoms with Crippen molar-refractivity contribution in [3.63, 3.8) is 0 Å². The van der Waals surface area contributed by atoms with Crippen LogP contribution in [0.25, 0.3) is 11.0 Å². The predicted octanol–water partition coefficient (Wildman–Crippen LogP) is 4.20. The standard InChI is InChI=1S/C30H34FN5O6S/c1-4-36-26-10-8-22(20(3)30(26)33-34-36)23(17-29(37)38)24-9-6-19(2)25(32-24)18-35-12-5-13-41-14-15-42-27-11-7-21(31)16-28(27)43(35,39)40/h6-11,16,23H,4-5,12-15,17-18H2,1-3H3,(H,37,38)/t23-/m0/s1. The number of carboxylic acid groups (broad SMARTS) is 1. The Hall–Kier alpha value is -3.94. The minimum absolute atomic E-state index is 0.0442. The molecule has 0 fully saturated rings. The van der Waals surface area contributed by atoms with E-state index < -0.39 is 27.7 Å². The Kier molecular flexibility index (Phi) is 9.04. The lowest BCUT2D eigenvalue weighted by Crippen LogP contribution is -2.33. The number of hydrogen-bond acceptors (Lipinski definition) is 8. The van der Waals surface area contributed by atoms with Gasteiger partial charge in [-0.15, -0.1) is 5.10 Å². The SMILES string of the molecule is CCn1nnc2c(C)c([C@H](CC(=O)O)c3ccc(C)c(CN4CCCOCCOc5ccc(F)cc5S4(=O)=O)n3)ccc21. The van der Waals surface area contributed by atoms with Crippen molar-refractivity contribution >= 4 is 27.0 Å². The number of aryl methyl sites for hydroxylation is 3. The van der Waals surface area contributed by atoms with Gasteiger partial charge in [-0.3, -0.25) is 9.78 Å². The molecule has 1 N–H and O–H groups in total. The molecule has 1 atom stereocenters. The molecule has 1 aliphatic heterocycles. The molecule has 0 saturated heterocycles.